The van der Waals surface area contributed by atoms with Crippen LogP contribution in [0.5, 0.6) is 5.75 Å². The van der Waals surface area contributed by atoms with E-state index < -0.39 is 0 Å². The summed E-state index contributed by atoms with van der Waals surface area (Å²) in [4.78, 5) is 2.19. The molecule has 0 aliphatic carbocycles. The summed E-state index contributed by atoms with van der Waals surface area (Å²) >= 11 is 0. The van der Waals surface area contributed by atoms with Crippen LogP contribution in [-0.4, -0.2) is 37.3 Å². The molecule has 2 aromatic carbocycles. The molecular formula is C21H26ClNO2. The van der Waals surface area contributed by atoms with Crippen LogP contribution in [-0.2, 0) is 13.0 Å². The molecule has 0 bridgehead atoms. The molecular weight excluding hydrogens is 334 g/mol. The average molecular weight is 360 g/mol. The number of benzene rings is 2. The fraction of sp³-hybridized carbons (Fsp3) is 0.333. The SMILES string of the molecule is CN(C)CC/C=C1/c2ccccc2COc2ccc(CCO)cc21.Cl. The summed E-state index contributed by atoms with van der Waals surface area (Å²) in [6, 6.07) is 14.7. The first-order valence-electron chi connectivity index (χ1n) is 8.49. The van der Waals surface area contributed by atoms with Gasteiger partial charge in [0, 0.05) is 18.7 Å². The van der Waals surface area contributed by atoms with E-state index in [0.29, 0.717) is 13.0 Å². The van der Waals surface area contributed by atoms with Crippen LogP contribution in [0.1, 0.15) is 28.7 Å². The highest BCUT2D eigenvalue weighted by Gasteiger charge is 2.19. The highest BCUT2D eigenvalue weighted by atomic mass is 35.5. The normalized spacial score (nSPS) is 14.3. The molecule has 3 nitrogen and oxygen atoms in total. The molecule has 0 saturated carbocycles. The number of halogens is 1. The number of aliphatic hydroxyl groups is 1. The molecule has 134 valence electrons. The van der Waals surface area contributed by atoms with Gasteiger partial charge in [0.05, 0.1) is 0 Å². The Hall–Kier alpha value is -1.81. The molecule has 0 saturated heterocycles. The molecule has 25 heavy (non-hydrogen) atoms. The van der Waals surface area contributed by atoms with Gasteiger partial charge in [0.1, 0.15) is 12.4 Å². The molecule has 0 aromatic heterocycles. The summed E-state index contributed by atoms with van der Waals surface area (Å²) in [5, 5.41) is 9.25. The second kappa shape index (κ2) is 9.04. The van der Waals surface area contributed by atoms with Crippen molar-refractivity contribution in [2.24, 2.45) is 0 Å². The van der Waals surface area contributed by atoms with Crippen molar-refractivity contribution in [1.82, 2.24) is 4.90 Å². The minimum atomic E-state index is 0. The first-order valence-corrected chi connectivity index (χ1v) is 8.49. The van der Waals surface area contributed by atoms with E-state index in [9.17, 15) is 5.11 Å². The Labute approximate surface area is 156 Å². The minimum Gasteiger partial charge on any atom is -0.488 e. The van der Waals surface area contributed by atoms with Gasteiger partial charge in [0.2, 0.25) is 0 Å². The smallest absolute Gasteiger partial charge is 0.127 e. The summed E-state index contributed by atoms with van der Waals surface area (Å²) in [7, 11) is 4.19. The van der Waals surface area contributed by atoms with Gasteiger partial charge in [-0.2, -0.15) is 0 Å². The highest BCUT2D eigenvalue weighted by molar-refractivity contribution is 5.85. The van der Waals surface area contributed by atoms with Gasteiger partial charge < -0.3 is 14.7 Å². The van der Waals surface area contributed by atoms with E-state index in [2.05, 4.69) is 55.4 Å². The topological polar surface area (TPSA) is 32.7 Å². The van der Waals surface area contributed by atoms with Crippen molar-refractivity contribution < 1.29 is 9.84 Å². The van der Waals surface area contributed by atoms with Gasteiger partial charge in [-0.3, -0.25) is 0 Å². The van der Waals surface area contributed by atoms with Crippen LogP contribution < -0.4 is 4.74 Å². The van der Waals surface area contributed by atoms with Crippen molar-refractivity contribution >= 4 is 18.0 Å². The Balaban J connectivity index is 0.00000225. The third kappa shape index (κ3) is 4.63. The molecule has 0 spiro atoms. The molecule has 1 N–H and O–H groups in total. The predicted octanol–water partition coefficient (Wildman–Crippen LogP) is 3.92. The standard InChI is InChI=1S/C21H25NO2.ClH/c1-22(2)12-5-8-19-18-7-4-3-6-17(18)15-24-21-10-9-16(11-13-23)14-20(19)21;/h3-4,6-10,14,23H,5,11-13,15H2,1-2H3;1H/b19-8-;. The van der Waals surface area contributed by atoms with Gasteiger partial charge in [-0.05, 0) is 61.3 Å². The number of ether oxygens (including phenoxy) is 1. The maximum Gasteiger partial charge on any atom is 0.127 e. The lowest BCUT2D eigenvalue weighted by atomic mass is 9.92. The number of aliphatic hydroxyl groups excluding tert-OH is 1. The molecule has 2 aromatic rings. The van der Waals surface area contributed by atoms with E-state index in [1.807, 2.05) is 12.1 Å². The van der Waals surface area contributed by atoms with Crippen molar-refractivity contribution in [1.29, 1.82) is 0 Å². The van der Waals surface area contributed by atoms with Gasteiger partial charge in [0.25, 0.3) is 0 Å². The maximum absolute atomic E-state index is 9.25. The lowest BCUT2D eigenvalue weighted by Crippen LogP contribution is -2.12. The largest absolute Gasteiger partial charge is 0.488 e. The second-order valence-electron chi connectivity index (χ2n) is 6.46. The van der Waals surface area contributed by atoms with E-state index >= 15 is 0 Å². The molecule has 0 radical (unpaired) electrons. The van der Waals surface area contributed by atoms with E-state index in [1.165, 1.54) is 16.7 Å². The number of nitrogens with zero attached hydrogens (tertiary/aromatic N) is 1. The second-order valence-corrected chi connectivity index (χ2v) is 6.46. The van der Waals surface area contributed by atoms with Crippen LogP contribution in [0.2, 0.25) is 0 Å². The summed E-state index contributed by atoms with van der Waals surface area (Å²) < 4.78 is 6.05. The third-order valence-corrected chi connectivity index (χ3v) is 4.35. The van der Waals surface area contributed by atoms with Gasteiger partial charge in [-0.15, -0.1) is 12.4 Å². The summed E-state index contributed by atoms with van der Waals surface area (Å²) in [5.41, 5.74) is 5.96. The van der Waals surface area contributed by atoms with Crippen LogP contribution >= 0.6 is 12.4 Å². The zero-order valence-corrected chi connectivity index (χ0v) is 15.7. The number of hydrogen-bond acceptors (Lipinski definition) is 3. The van der Waals surface area contributed by atoms with Crippen LogP contribution in [0.25, 0.3) is 5.57 Å². The number of fused-ring (bicyclic) bond motifs is 2. The van der Waals surface area contributed by atoms with Crippen LogP contribution in [0.4, 0.5) is 0 Å². The first-order chi connectivity index (χ1) is 11.7. The minimum absolute atomic E-state index is 0. The van der Waals surface area contributed by atoms with E-state index in [1.54, 1.807) is 0 Å². The van der Waals surface area contributed by atoms with Gasteiger partial charge in [-0.1, -0.05) is 36.4 Å². The Morgan fingerprint density at radius 2 is 1.92 bits per heavy atom. The van der Waals surface area contributed by atoms with Crippen molar-refractivity contribution in [2.75, 3.05) is 27.2 Å². The van der Waals surface area contributed by atoms with Crippen molar-refractivity contribution in [3.63, 3.8) is 0 Å². The molecule has 0 unspecified atom stereocenters. The number of rotatable bonds is 5. The van der Waals surface area contributed by atoms with Gasteiger partial charge in [-0.25, -0.2) is 0 Å². The maximum atomic E-state index is 9.25. The summed E-state index contributed by atoms with van der Waals surface area (Å²) in [6.45, 7) is 1.77. The van der Waals surface area contributed by atoms with Crippen molar-refractivity contribution in [3.8, 4) is 5.75 Å². The molecule has 0 atom stereocenters. The number of hydrogen-bond donors (Lipinski definition) is 1. The van der Waals surface area contributed by atoms with Crippen LogP contribution in [0, 0.1) is 0 Å². The predicted molar refractivity (Wildman–Crippen MR) is 106 cm³/mol. The van der Waals surface area contributed by atoms with Crippen LogP contribution in [0.15, 0.2) is 48.5 Å². The Kier molecular flexibility index (Phi) is 7.06. The molecule has 4 heteroatoms. The van der Waals surface area contributed by atoms with E-state index in [0.717, 1.165) is 29.8 Å². The van der Waals surface area contributed by atoms with Crippen molar-refractivity contribution in [2.45, 2.75) is 19.4 Å². The highest BCUT2D eigenvalue weighted by Crippen LogP contribution is 2.37. The Bertz CT molecular complexity index is 740. The van der Waals surface area contributed by atoms with Crippen LogP contribution in [0.3, 0.4) is 0 Å². The van der Waals surface area contributed by atoms with Gasteiger partial charge in [0.15, 0.2) is 0 Å². The lowest BCUT2D eigenvalue weighted by Gasteiger charge is -2.13. The average Bonchev–Trinajstić information content (AvgIpc) is 2.72. The fourth-order valence-electron chi connectivity index (χ4n) is 3.09. The fourth-order valence-corrected chi connectivity index (χ4v) is 3.09. The Morgan fingerprint density at radius 1 is 1.12 bits per heavy atom. The molecule has 1 heterocycles. The monoisotopic (exact) mass is 359 g/mol. The molecule has 1 aliphatic rings. The zero-order valence-electron chi connectivity index (χ0n) is 14.9. The summed E-state index contributed by atoms with van der Waals surface area (Å²) in [6.07, 6.45) is 3.97. The lowest BCUT2D eigenvalue weighted by molar-refractivity contribution is 0.298. The Morgan fingerprint density at radius 3 is 2.68 bits per heavy atom. The molecule has 3 rings (SSSR count). The first kappa shape index (κ1) is 19.5. The quantitative estimate of drug-likeness (QED) is 0.878. The zero-order chi connectivity index (χ0) is 16.9. The molecule has 0 fully saturated rings. The van der Waals surface area contributed by atoms with E-state index in [4.69, 9.17) is 4.74 Å². The van der Waals surface area contributed by atoms with Crippen molar-refractivity contribution in [3.05, 3.63) is 70.8 Å². The molecule has 0 amide bonds. The summed E-state index contributed by atoms with van der Waals surface area (Å²) in [5.74, 6) is 0.920. The van der Waals surface area contributed by atoms with E-state index in [-0.39, 0.29) is 19.0 Å². The molecule has 1 aliphatic heterocycles. The van der Waals surface area contributed by atoms with Gasteiger partial charge >= 0.3 is 0 Å². The third-order valence-electron chi connectivity index (χ3n) is 4.35.